The quantitative estimate of drug-likeness (QED) is 0.613. The maximum atomic E-state index is 3.69. The Bertz CT molecular complexity index is 18.4. The van der Waals surface area contributed by atoms with Crippen LogP contribution in [0.25, 0.3) is 10.6 Å². The van der Waals surface area contributed by atoms with E-state index in [9.17, 15) is 0 Å². The average Bonchev–Trinajstić information content (AvgIpc) is 1.41. The van der Waals surface area contributed by atoms with E-state index in [-0.39, 0.29) is 42.1 Å². The molecule has 0 unspecified atom stereocenters. The fourth-order valence-electron chi connectivity index (χ4n) is 0.141. The van der Waals surface area contributed by atoms with Gasteiger partial charge in [0.2, 0.25) is 0 Å². The Morgan fingerprint density at radius 1 is 1.00 bits per heavy atom. The minimum Gasteiger partial charge on any atom is -0.683 e. The van der Waals surface area contributed by atoms with Crippen molar-refractivity contribution in [1.82, 2.24) is 0 Å². The number of hydrogen-bond donors (Lipinski definition) is 0. The van der Waals surface area contributed by atoms with Gasteiger partial charge in [-0.25, -0.2) is 0 Å². The van der Waals surface area contributed by atoms with Crippen molar-refractivity contribution in [2.24, 2.45) is 0 Å². The van der Waals surface area contributed by atoms with Crippen LogP contribution in [-0.4, -0.2) is 20.8 Å². The molecule has 0 aromatic carbocycles. The van der Waals surface area contributed by atoms with Crippen molar-refractivity contribution in [3.63, 3.8) is 0 Å². The normalized spacial score (nSPS) is 6.00. The van der Waals surface area contributed by atoms with Crippen LogP contribution >= 0.6 is 0 Å². The van der Waals surface area contributed by atoms with Gasteiger partial charge in [0.1, 0.15) is 0 Å². The molecule has 0 radical (unpaired) electrons. The molecule has 4 heteroatoms. The summed E-state index contributed by atoms with van der Waals surface area (Å²) in [5.74, 6) is 0. The van der Waals surface area contributed by atoms with E-state index in [0.717, 1.165) is 0 Å². The van der Waals surface area contributed by atoms with E-state index in [1.807, 2.05) is 0 Å². The third-order valence-electron chi connectivity index (χ3n) is 0.283. The fourth-order valence-corrected chi connectivity index (χ4v) is 0.141. The number of rotatable bonds is 2. The molecular weight excluding hydrogens is 432 g/mol. The van der Waals surface area contributed by atoms with Gasteiger partial charge in [0.05, 0.1) is 0 Å². The van der Waals surface area contributed by atoms with Gasteiger partial charge in [-0.3, -0.25) is 6.67 Å². The fraction of sp³-hybridized carbons (Fsp3) is 1.00. The minimum atomic E-state index is 0. The van der Waals surface area contributed by atoms with Gasteiger partial charge < -0.3 is 10.6 Å². The first kappa shape index (κ1) is 15.7. The minimum absolute atomic E-state index is 0. The van der Waals surface area contributed by atoms with Crippen LogP contribution in [0.15, 0.2) is 0 Å². The van der Waals surface area contributed by atoms with Gasteiger partial charge in [-0.15, -0.1) is 0 Å². The summed E-state index contributed by atoms with van der Waals surface area (Å²) < 4.78 is 0. The molecule has 0 N–H and O–H groups in total. The first-order valence-electron chi connectivity index (χ1n) is 1.53. The van der Waals surface area contributed by atoms with Gasteiger partial charge in [0.25, 0.3) is 0 Å². The van der Waals surface area contributed by atoms with Gasteiger partial charge in [-0.2, -0.15) is 14.1 Å². The van der Waals surface area contributed by atoms with Crippen molar-refractivity contribution in [3.05, 3.63) is 10.6 Å². The molecule has 0 amide bonds. The SMILES string of the molecule is C[N-]C[N-]C.[W].[W]. The molecule has 7 heavy (non-hydrogen) atoms. The molecule has 0 heterocycles. The summed E-state index contributed by atoms with van der Waals surface area (Å²) in [4.78, 5) is 0. The molecule has 0 fully saturated rings. The van der Waals surface area contributed by atoms with Crippen LogP contribution in [0.1, 0.15) is 0 Å². The Morgan fingerprint density at radius 2 is 1.29 bits per heavy atom. The zero-order chi connectivity index (χ0) is 4.12. The van der Waals surface area contributed by atoms with Crippen molar-refractivity contribution < 1.29 is 42.1 Å². The van der Waals surface area contributed by atoms with Gasteiger partial charge in [0.15, 0.2) is 0 Å². The number of hydrogen-bond acceptors (Lipinski definition) is 0. The molecule has 0 aromatic rings. The van der Waals surface area contributed by atoms with Crippen molar-refractivity contribution in [2.75, 3.05) is 20.8 Å². The van der Waals surface area contributed by atoms with E-state index >= 15 is 0 Å². The summed E-state index contributed by atoms with van der Waals surface area (Å²) >= 11 is 0. The molecule has 0 aliphatic heterocycles. The Labute approximate surface area is 73.3 Å². The average molecular weight is 440 g/mol. The topological polar surface area (TPSA) is 28.2 Å². The molecule has 0 rings (SSSR count). The van der Waals surface area contributed by atoms with Crippen LogP contribution in [-0.2, 0) is 42.1 Å². The number of nitrogens with zero attached hydrogens (tertiary/aromatic N) is 2. The first-order valence-corrected chi connectivity index (χ1v) is 1.53. The van der Waals surface area contributed by atoms with Crippen LogP contribution in [0.3, 0.4) is 0 Å². The van der Waals surface area contributed by atoms with E-state index < -0.39 is 0 Å². The van der Waals surface area contributed by atoms with E-state index in [4.69, 9.17) is 0 Å². The Hall–Kier alpha value is 1.30. The van der Waals surface area contributed by atoms with Crippen LogP contribution in [0, 0.1) is 0 Å². The summed E-state index contributed by atoms with van der Waals surface area (Å²) in [5, 5.41) is 7.38. The van der Waals surface area contributed by atoms with Crippen LogP contribution in [0.5, 0.6) is 0 Å². The van der Waals surface area contributed by atoms with E-state index in [1.165, 1.54) is 0 Å². The molecule has 0 bridgehead atoms. The van der Waals surface area contributed by atoms with Gasteiger partial charge in [0, 0.05) is 42.1 Å². The second kappa shape index (κ2) is 15.7. The second-order valence-corrected chi connectivity index (χ2v) is 0.774. The molecule has 44 valence electrons. The molecule has 0 aliphatic carbocycles. The van der Waals surface area contributed by atoms with Crippen molar-refractivity contribution in [2.45, 2.75) is 0 Å². The predicted octanol–water partition coefficient (Wildman–Crippen LogP) is 0.946. The summed E-state index contributed by atoms with van der Waals surface area (Å²) in [6.45, 7) is 0.639. The van der Waals surface area contributed by atoms with E-state index in [1.54, 1.807) is 14.1 Å². The monoisotopic (exact) mass is 440 g/mol. The first-order chi connectivity index (χ1) is 2.41. The largest absolute Gasteiger partial charge is 0.683 e. The summed E-state index contributed by atoms with van der Waals surface area (Å²) in [6, 6.07) is 0. The van der Waals surface area contributed by atoms with Crippen molar-refractivity contribution >= 4 is 0 Å². The van der Waals surface area contributed by atoms with Crippen LogP contribution in [0.4, 0.5) is 0 Å². The van der Waals surface area contributed by atoms with Gasteiger partial charge >= 0.3 is 0 Å². The molecule has 2 nitrogen and oxygen atoms in total. The molecule has 0 aromatic heterocycles. The molecule has 0 spiro atoms. The third-order valence-corrected chi connectivity index (χ3v) is 0.283. The van der Waals surface area contributed by atoms with Gasteiger partial charge in [-0.1, -0.05) is 0 Å². The summed E-state index contributed by atoms with van der Waals surface area (Å²) in [5.41, 5.74) is 0. The maximum absolute atomic E-state index is 3.69. The van der Waals surface area contributed by atoms with E-state index in [0.29, 0.717) is 6.67 Å². The molecule has 0 saturated carbocycles. The van der Waals surface area contributed by atoms with Crippen LogP contribution < -0.4 is 0 Å². The summed E-state index contributed by atoms with van der Waals surface area (Å²) in [7, 11) is 3.49. The standard InChI is InChI=1S/C3H8N2.2W/c1-4-3-5-2;;/h3H2,1-2H3;;/q-2;;. The zero-order valence-corrected chi connectivity index (χ0v) is 10.3. The third kappa shape index (κ3) is 18.8. The predicted molar refractivity (Wildman–Crippen MR) is 23.4 cm³/mol. The van der Waals surface area contributed by atoms with Crippen LogP contribution in [0.2, 0.25) is 0 Å². The van der Waals surface area contributed by atoms with Crippen molar-refractivity contribution in [1.29, 1.82) is 0 Å². The van der Waals surface area contributed by atoms with Crippen molar-refractivity contribution in [3.8, 4) is 0 Å². The van der Waals surface area contributed by atoms with E-state index in [2.05, 4.69) is 10.6 Å². The smallest absolute Gasteiger partial charge is 0 e. The second-order valence-electron chi connectivity index (χ2n) is 0.774. The Morgan fingerprint density at radius 3 is 1.29 bits per heavy atom. The molecule has 0 saturated heterocycles. The Balaban J connectivity index is -0.0000000800. The zero-order valence-electron chi connectivity index (χ0n) is 4.42. The molecule has 0 atom stereocenters. The molecule has 0 aliphatic rings. The molecular formula is C3H8N2W2-2. The van der Waals surface area contributed by atoms with Gasteiger partial charge in [-0.05, 0) is 0 Å². The Kier molecular flexibility index (Phi) is 35.2. The maximum Gasteiger partial charge on any atom is 0 e. The summed E-state index contributed by atoms with van der Waals surface area (Å²) in [6.07, 6.45) is 0.